The lowest BCUT2D eigenvalue weighted by Crippen LogP contribution is -2.31. The van der Waals surface area contributed by atoms with Crippen molar-refractivity contribution in [2.24, 2.45) is 0 Å². The average molecular weight is 291 g/mol. The molecule has 2 N–H and O–H groups in total. The summed E-state index contributed by atoms with van der Waals surface area (Å²) in [5, 5.41) is 12.1. The summed E-state index contributed by atoms with van der Waals surface area (Å²) < 4.78 is 26.7. The topological polar surface area (TPSA) is 49.3 Å². The van der Waals surface area contributed by atoms with Gasteiger partial charge in [-0.3, -0.25) is 10.1 Å². The molecule has 110 valence electrons. The van der Waals surface area contributed by atoms with Gasteiger partial charge in [-0.05, 0) is 18.6 Å². The molecule has 0 aromatic heterocycles. The number of benzene rings is 2. The third kappa shape index (κ3) is 3.64. The molecule has 0 amide bonds. The van der Waals surface area contributed by atoms with Gasteiger partial charge in [0.25, 0.3) is 0 Å². The van der Waals surface area contributed by atoms with Crippen molar-refractivity contribution in [2.75, 3.05) is 0 Å². The number of nitrogens with one attached hydrogen (secondary N) is 1. The van der Waals surface area contributed by atoms with Crippen LogP contribution in [0.3, 0.4) is 0 Å². The number of carbonyl (C=O) groups is 1. The molecule has 0 fully saturated rings. The lowest BCUT2D eigenvalue weighted by molar-refractivity contribution is -0.140. The van der Waals surface area contributed by atoms with Crippen molar-refractivity contribution >= 4 is 5.97 Å². The van der Waals surface area contributed by atoms with Gasteiger partial charge in [-0.2, -0.15) is 0 Å². The van der Waals surface area contributed by atoms with Crippen LogP contribution >= 0.6 is 0 Å². The highest BCUT2D eigenvalue weighted by atomic mass is 19.1. The molecule has 0 saturated heterocycles. The van der Waals surface area contributed by atoms with Crippen molar-refractivity contribution in [3.05, 3.63) is 71.3 Å². The van der Waals surface area contributed by atoms with Crippen LogP contribution < -0.4 is 5.32 Å². The van der Waals surface area contributed by atoms with Crippen molar-refractivity contribution in [3.8, 4) is 0 Å². The maximum absolute atomic E-state index is 13.8. The van der Waals surface area contributed by atoms with Gasteiger partial charge in [0.05, 0.1) is 0 Å². The Labute approximate surface area is 121 Å². The molecule has 2 atom stereocenters. The summed E-state index contributed by atoms with van der Waals surface area (Å²) in [5.74, 6) is -2.84. The number of carboxylic acid groups (broad SMARTS) is 1. The molecule has 0 saturated carbocycles. The second-order valence-electron chi connectivity index (χ2n) is 4.74. The molecule has 0 aliphatic rings. The van der Waals surface area contributed by atoms with Gasteiger partial charge in [-0.15, -0.1) is 0 Å². The fourth-order valence-electron chi connectivity index (χ4n) is 2.12. The van der Waals surface area contributed by atoms with E-state index in [0.29, 0.717) is 6.07 Å². The van der Waals surface area contributed by atoms with E-state index in [0.717, 1.165) is 17.7 Å². The molecule has 0 heterocycles. The highest BCUT2D eigenvalue weighted by molar-refractivity contribution is 5.75. The Balaban J connectivity index is 2.26. The van der Waals surface area contributed by atoms with Crippen molar-refractivity contribution in [2.45, 2.75) is 19.0 Å². The normalized spacial score (nSPS) is 13.7. The van der Waals surface area contributed by atoms with Crippen LogP contribution in [0, 0.1) is 11.6 Å². The first-order chi connectivity index (χ1) is 9.99. The predicted molar refractivity (Wildman–Crippen MR) is 74.7 cm³/mol. The Morgan fingerprint density at radius 2 is 1.81 bits per heavy atom. The van der Waals surface area contributed by atoms with Crippen LogP contribution in [0.25, 0.3) is 0 Å². The maximum atomic E-state index is 13.8. The van der Waals surface area contributed by atoms with Crippen molar-refractivity contribution in [3.63, 3.8) is 0 Å². The SMILES string of the molecule is CC(NC(C(=O)O)c1ccc(F)cc1F)c1ccccc1. The van der Waals surface area contributed by atoms with Gasteiger partial charge in [0.2, 0.25) is 0 Å². The molecule has 2 aromatic rings. The number of hydrogen-bond acceptors (Lipinski definition) is 2. The number of aliphatic carboxylic acids is 1. The molecular weight excluding hydrogens is 276 g/mol. The molecule has 21 heavy (non-hydrogen) atoms. The second kappa shape index (κ2) is 6.45. The summed E-state index contributed by atoms with van der Waals surface area (Å²) >= 11 is 0. The number of halogens is 2. The molecule has 0 bridgehead atoms. The van der Waals surface area contributed by atoms with Crippen LogP contribution in [0.1, 0.15) is 30.1 Å². The standard InChI is InChI=1S/C16H15F2NO2/c1-10(11-5-3-2-4-6-11)19-15(16(20)21)13-8-7-12(17)9-14(13)18/h2-10,15,19H,1H3,(H,20,21). The van der Waals surface area contributed by atoms with E-state index in [2.05, 4.69) is 5.32 Å². The third-order valence-electron chi connectivity index (χ3n) is 3.24. The van der Waals surface area contributed by atoms with Gasteiger partial charge in [-0.1, -0.05) is 36.4 Å². The van der Waals surface area contributed by atoms with Crippen molar-refractivity contribution in [1.29, 1.82) is 0 Å². The summed E-state index contributed by atoms with van der Waals surface area (Å²) in [4.78, 5) is 11.4. The van der Waals surface area contributed by atoms with E-state index in [4.69, 9.17) is 0 Å². The lowest BCUT2D eigenvalue weighted by Gasteiger charge is -2.21. The van der Waals surface area contributed by atoms with Gasteiger partial charge < -0.3 is 5.11 Å². The van der Waals surface area contributed by atoms with E-state index in [1.54, 1.807) is 6.92 Å². The summed E-state index contributed by atoms with van der Waals surface area (Å²) in [5.41, 5.74) is 0.790. The summed E-state index contributed by atoms with van der Waals surface area (Å²) in [6.45, 7) is 1.78. The highest BCUT2D eigenvalue weighted by Gasteiger charge is 2.25. The molecule has 2 rings (SSSR count). The minimum atomic E-state index is -1.25. The van der Waals surface area contributed by atoms with E-state index in [-0.39, 0.29) is 11.6 Å². The maximum Gasteiger partial charge on any atom is 0.325 e. The molecule has 5 heteroatoms. The van der Waals surface area contributed by atoms with Gasteiger partial charge in [0, 0.05) is 17.7 Å². The Morgan fingerprint density at radius 3 is 2.38 bits per heavy atom. The Kier molecular flexibility index (Phi) is 4.65. The molecule has 2 unspecified atom stereocenters. The Bertz CT molecular complexity index is 631. The zero-order valence-corrected chi connectivity index (χ0v) is 11.4. The number of rotatable bonds is 5. The average Bonchev–Trinajstić information content (AvgIpc) is 2.46. The van der Waals surface area contributed by atoms with Gasteiger partial charge in [0.15, 0.2) is 0 Å². The van der Waals surface area contributed by atoms with Crippen LogP contribution in [0.4, 0.5) is 8.78 Å². The molecule has 0 aliphatic carbocycles. The smallest absolute Gasteiger partial charge is 0.325 e. The Morgan fingerprint density at radius 1 is 1.14 bits per heavy atom. The first-order valence-corrected chi connectivity index (χ1v) is 6.48. The second-order valence-corrected chi connectivity index (χ2v) is 4.74. The van der Waals surface area contributed by atoms with E-state index in [9.17, 15) is 18.7 Å². The zero-order valence-electron chi connectivity index (χ0n) is 11.4. The zero-order chi connectivity index (χ0) is 15.4. The first kappa shape index (κ1) is 15.1. The van der Waals surface area contributed by atoms with Crippen molar-refractivity contribution in [1.82, 2.24) is 5.32 Å². The minimum Gasteiger partial charge on any atom is -0.480 e. The lowest BCUT2D eigenvalue weighted by atomic mass is 10.0. The summed E-state index contributed by atoms with van der Waals surface area (Å²) in [6, 6.07) is 10.5. The van der Waals surface area contributed by atoms with E-state index in [1.807, 2.05) is 30.3 Å². The minimum absolute atomic E-state index is 0.0910. The van der Waals surface area contributed by atoms with Crippen LogP contribution in [-0.2, 0) is 4.79 Å². The predicted octanol–water partition coefficient (Wildman–Crippen LogP) is 3.44. The fraction of sp³-hybridized carbons (Fsp3) is 0.188. The largest absolute Gasteiger partial charge is 0.480 e. The third-order valence-corrected chi connectivity index (χ3v) is 3.24. The Hall–Kier alpha value is -2.27. The quantitative estimate of drug-likeness (QED) is 0.887. The highest BCUT2D eigenvalue weighted by Crippen LogP contribution is 2.22. The first-order valence-electron chi connectivity index (χ1n) is 6.48. The van der Waals surface area contributed by atoms with E-state index >= 15 is 0 Å². The van der Waals surface area contributed by atoms with E-state index < -0.39 is 23.6 Å². The van der Waals surface area contributed by atoms with Gasteiger partial charge >= 0.3 is 5.97 Å². The van der Waals surface area contributed by atoms with Gasteiger partial charge in [-0.25, -0.2) is 8.78 Å². The number of hydrogen-bond donors (Lipinski definition) is 2. The van der Waals surface area contributed by atoms with E-state index in [1.165, 1.54) is 0 Å². The molecular formula is C16H15F2NO2. The van der Waals surface area contributed by atoms with Crippen molar-refractivity contribution < 1.29 is 18.7 Å². The number of carboxylic acids is 1. The molecule has 0 aliphatic heterocycles. The van der Waals surface area contributed by atoms with Crippen LogP contribution in [-0.4, -0.2) is 11.1 Å². The van der Waals surface area contributed by atoms with Gasteiger partial charge in [0.1, 0.15) is 17.7 Å². The van der Waals surface area contributed by atoms with Crippen LogP contribution in [0.5, 0.6) is 0 Å². The summed E-state index contributed by atoms with van der Waals surface area (Å²) in [7, 11) is 0. The molecule has 0 radical (unpaired) electrons. The molecule has 0 spiro atoms. The van der Waals surface area contributed by atoms with Crippen LogP contribution in [0.2, 0.25) is 0 Å². The summed E-state index contributed by atoms with van der Waals surface area (Å²) in [6.07, 6.45) is 0. The molecule has 2 aromatic carbocycles. The molecule has 3 nitrogen and oxygen atoms in total. The fourth-order valence-corrected chi connectivity index (χ4v) is 2.12. The van der Waals surface area contributed by atoms with Crippen LogP contribution in [0.15, 0.2) is 48.5 Å². The monoisotopic (exact) mass is 291 g/mol.